The van der Waals surface area contributed by atoms with Gasteiger partial charge in [0.05, 0.1) is 37.0 Å². The molecule has 2 fully saturated rings. The number of aliphatic hydroxyl groups is 1. The van der Waals surface area contributed by atoms with E-state index in [1.165, 1.54) is 12.0 Å². The molecule has 2 aliphatic rings. The Morgan fingerprint density at radius 1 is 1.20 bits per heavy atom. The lowest BCUT2D eigenvalue weighted by Crippen LogP contribution is -2.50. The van der Waals surface area contributed by atoms with Crippen LogP contribution in [0.2, 0.25) is 6.32 Å². The molecule has 3 atom stereocenters. The van der Waals surface area contributed by atoms with Gasteiger partial charge in [-0.3, -0.25) is 4.90 Å². The van der Waals surface area contributed by atoms with Crippen LogP contribution in [0.3, 0.4) is 0 Å². The average Bonchev–Trinajstić information content (AvgIpc) is 3.20. The van der Waals surface area contributed by atoms with Crippen LogP contribution in [0.25, 0.3) is 0 Å². The van der Waals surface area contributed by atoms with Crippen LogP contribution in [0.15, 0.2) is 30.3 Å². The molecule has 10 heteroatoms. The first-order valence-corrected chi connectivity index (χ1v) is 11.9. The molecule has 1 aromatic rings. The molecule has 2 saturated heterocycles. The second kappa shape index (κ2) is 10.6. The van der Waals surface area contributed by atoms with Crippen molar-refractivity contribution in [1.29, 1.82) is 5.26 Å². The van der Waals surface area contributed by atoms with Crippen molar-refractivity contribution in [2.45, 2.75) is 83.2 Å². The highest BCUT2D eigenvalue weighted by Crippen LogP contribution is 2.46. The summed E-state index contributed by atoms with van der Waals surface area (Å²) in [5.41, 5.74) is -1.34. The van der Waals surface area contributed by atoms with E-state index in [0.29, 0.717) is 19.2 Å². The zero-order valence-electron chi connectivity index (χ0n) is 21.2. The molecule has 2 aliphatic heterocycles. The van der Waals surface area contributed by atoms with Gasteiger partial charge < -0.3 is 23.9 Å². The third-order valence-electron chi connectivity index (χ3n) is 7.55. The number of rotatable bonds is 8. The van der Waals surface area contributed by atoms with Gasteiger partial charge in [-0.05, 0) is 46.0 Å². The Morgan fingerprint density at radius 3 is 2.40 bits per heavy atom. The van der Waals surface area contributed by atoms with Crippen molar-refractivity contribution < 1.29 is 33.5 Å². The monoisotopic (exact) mass is 486 g/mol. The van der Waals surface area contributed by atoms with E-state index >= 15 is 0 Å². The Bertz CT molecular complexity index is 933. The molecular formula is C25H35BN2O7. The predicted octanol–water partition coefficient (Wildman–Crippen LogP) is 3.31. The van der Waals surface area contributed by atoms with E-state index in [9.17, 15) is 20.0 Å². The molecule has 0 saturated carbocycles. The second-order valence-electron chi connectivity index (χ2n) is 10.3. The highest BCUT2D eigenvalue weighted by Gasteiger charge is 2.59. The molecule has 1 amide bonds. The van der Waals surface area contributed by atoms with Gasteiger partial charge in [0.15, 0.2) is 0 Å². The van der Waals surface area contributed by atoms with Crippen molar-refractivity contribution in [3.05, 3.63) is 35.9 Å². The maximum absolute atomic E-state index is 13.0. The smallest absolute Gasteiger partial charge is 0.457 e. The molecule has 2 heterocycles. The Kier molecular flexibility index (Phi) is 8.15. The number of esters is 1. The van der Waals surface area contributed by atoms with Crippen LogP contribution in [-0.2, 0) is 30.2 Å². The summed E-state index contributed by atoms with van der Waals surface area (Å²) in [5, 5.41) is 20.7. The highest BCUT2D eigenvalue weighted by atomic mass is 16.7. The molecule has 3 rings (SSSR count). The quantitative estimate of drug-likeness (QED) is 0.439. The largest absolute Gasteiger partial charge is 0.467 e. The topological polar surface area (TPSA) is 118 Å². The number of nitrogens with zero attached hydrogens (tertiary/aromatic N) is 2. The summed E-state index contributed by atoms with van der Waals surface area (Å²) >= 11 is 0. The first-order chi connectivity index (χ1) is 16.5. The zero-order chi connectivity index (χ0) is 25.9. The lowest BCUT2D eigenvalue weighted by Gasteiger charge is -2.35. The number of amides is 1. The van der Waals surface area contributed by atoms with Gasteiger partial charge in [0.2, 0.25) is 0 Å². The van der Waals surface area contributed by atoms with Crippen LogP contribution in [0.4, 0.5) is 4.79 Å². The molecule has 1 aromatic carbocycles. The minimum absolute atomic E-state index is 0.0212. The first kappa shape index (κ1) is 27.0. The standard InChI is InChI=1S/C25H35BN2O7/c1-23(2)24(3,4)35-26(34-23)14-9-12-25(13-15-27)19(29)16-28(20(25)21(30)32-5)22(31)33-17-18-10-7-6-8-11-18/h6-8,10-11,19-20,29H,9,12-14,16-17H2,1-5H3/t19-,20-,25+/m1/s1. The van der Waals surface area contributed by atoms with Crippen molar-refractivity contribution >= 4 is 19.2 Å². The molecule has 0 aliphatic carbocycles. The molecule has 0 spiro atoms. The summed E-state index contributed by atoms with van der Waals surface area (Å²) in [6, 6.07) is 10.1. The van der Waals surface area contributed by atoms with E-state index in [0.717, 1.165) is 5.56 Å². The van der Waals surface area contributed by atoms with Crippen molar-refractivity contribution in [2.24, 2.45) is 5.41 Å². The van der Waals surface area contributed by atoms with Gasteiger partial charge in [-0.15, -0.1) is 0 Å². The Hall–Kier alpha value is -2.61. The fourth-order valence-corrected chi connectivity index (χ4v) is 4.86. The van der Waals surface area contributed by atoms with Gasteiger partial charge in [0.1, 0.15) is 12.6 Å². The molecule has 0 unspecified atom stereocenters. The maximum Gasteiger partial charge on any atom is 0.457 e. The van der Waals surface area contributed by atoms with E-state index < -0.39 is 47.9 Å². The lowest BCUT2D eigenvalue weighted by molar-refractivity contribution is -0.150. The summed E-state index contributed by atoms with van der Waals surface area (Å²) < 4.78 is 22.5. The number of nitriles is 1. The minimum Gasteiger partial charge on any atom is -0.467 e. The van der Waals surface area contributed by atoms with Gasteiger partial charge in [-0.2, -0.15) is 5.26 Å². The third kappa shape index (κ3) is 5.47. The number of carbonyl (C=O) groups is 2. The van der Waals surface area contributed by atoms with Gasteiger partial charge in [0.25, 0.3) is 0 Å². The molecule has 0 aromatic heterocycles. The Balaban J connectivity index is 1.75. The number of likely N-dealkylation sites (tertiary alicyclic amines) is 1. The van der Waals surface area contributed by atoms with Crippen LogP contribution in [0.1, 0.15) is 52.5 Å². The molecule has 0 bridgehead atoms. The number of hydrogen-bond acceptors (Lipinski definition) is 8. The fourth-order valence-electron chi connectivity index (χ4n) is 4.86. The summed E-state index contributed by atoms with van der Waals surface area (Å²) in [6.45, 7) is 7.77. The molecule has 0 radical (unpaired) electrons. The van der Waals surface area contributed by atoms with E-state index in [4.69, 9.17) is 18.8 Å². The fraction of sp³-hybridized carbons (Fsp3) is 0.640. The molecule has 9 nitrogen and oxygen atoms in total. The van der Waals surface area contributed by atoms with E-state index in [2.05, 4.69) is 6.07 Å². The van der Waals surface area contributed by atoms with E-state index in [-0.39, 0.29) is 19.6 Å². The molecular weight excluding hydrogens is 451 g/mol. The Morgan fingerprint density at radius 2 is 1.83 bits per heavy atom. The summed E-state index contributed by atoms with van der Waals surface area (Å²) in [5.74, 6) is -0.691. The summed E-state index contributed by atoms with van der Waals surface area (Å²) in [7, 11) is 0.781. The van der Waals surface area contributed by atoms with Gasteiger partial charge >= 0.3 is 19.2 Å². The molecule has 35 heavy (non-hydrogen) atoms. The van der Waals surface area contributed by atoms with Crippen LogP contribution in [0.5, 0.6) is 0 Å². The van der Waals surface area contributed by atoms with E-state index in [1.54, 1.807) is 0 Å². The van der Waals surface area contributed by atoms with Gasteiger partial charge in [-0.25, -0.2) is 9.59 Å². The van der Waals surface area contributed by atoms with Gasteiger partial charge in [0, 0.05) is 11.8 Å². The second-order valence-corrected chi connectivity index (χ2v) is 10.3. The van der Waals surface area contributed by atoms with Crippen molar-refractivity contribution in [2.75, 3.05) is 13.7 Å². The number of methoxy groups -OCH3 is 1. The van der Waals surface area contributed by atoms with Gasteiger partial charge in [-0.1, -0.05) is 36.8 Å². The highest BCUT2D eigenvalue weighted by molar-refractivity contribution is 6.45. The summed E-state index contributed by atoms with van der Waals surface area (Å²) in [6.07, 6.45) is -0.647. The minimum atomic E-state index is -1.20. The average molecular weight is 486 g/mol. The van der Waals surface area contributed by atoms with Crippen LogP contribution in [0, 0.1) is 16.7 Å². The summed E-state index contributed by atoms with van der Waals surface area (Å²) in [4.78, 5) is 27.0. The number of benzene rings is 1. The van der Waals surface area contributed by atoms with Crippen molar-refractivity contribution in [1.82, 2.24) is 4.90 Å². The number of carbonyl (C=O) groups excluding carboxylic acids is 2. The molecule has 1 N–H and O–H groups in total. The predicted molar refractivity (Wildman–Crippen MR) is 128 cm³/mol. The number of β-amino-alcohol motifs (C(OH)–C–C–N with tert-alkyl or cyclic N) is 1. The van der Waals surface area contributed by atoms with Crippen LogP contribution < -0.4 is 0 Å². The SMILES string of the molecule is COC(=O)[C@H]1N(C(=O)OCc2ccccc2)C[C@@H](O)[C@@]1(CC#N)CCCB1OC(C)(C)C(C)(C)O1. The molecule has 190 valence electrons. The normalized spacial score (nSPS) is 26.9. The van der Waals surface area contributed by atoms with Crippen LogP contribution >= 0.6 is 0 Å². The van der Waals surface area contributed by atoms with Crippen molar-refractivity contribution in [3.8, 4) is 6.07 Å². The Labute approximate surface area is 207 Å². The lowest BCUT2D eigenvalue weighted by atomic mass is 9.69. The third-order valence-corrected chi connectivity index (χ3v) is 7.55. The maximum atomic E-state index is 13.0. The number of aliphatic hydroxyl groups excluding tert-OH is 1. The van der Waals surface area contributed by atoms with E-state index in [1.807, 2.05) is 58.0 Å². The number of ether oxygens (including phenoxy) is 2. The van der Waals surface area contributed by atoms with Crippen LogP contribution in [-0.4, -0.2) is 66.2 Å². The van der Waals surface area contributed by atoms with Crippen molar-refractivity contribution in [3.63, 3.8) is 0 Å². The first-order valence-electron chi connectivity index (χ1n) is 11.9. The number of hydrogen-bond donors (Lipinski definition) is 1. The zero-order valence-corrected chi connectivity index (χ0v) is 21.2.